The molecule has 2 aromatic carbocycles. The maximum absolute atomic E-state index is 13.2. The molecule has 0 aliphatic carbocycles. The molecule has 2 N–H and O–H groups in total. The molecule has 7 heteroatoms. The van der Waals surface area contributed by atoms with E-state index < -0.39 is 23.4 Å². The van der Waals surface area contributed by atoms with Crippen LogP contribution in [0, 0.1) is 11.6 Å². The van der Waals surface area contributed by atoms with Crippen LogP contribution in [0.5, 0.6) is 11.5 Å². The van der Waals surface area contributed by atoms with E-state index in [4.69, 9.17) is 10.5 Å². The molecule has 2 rings (SSSR count). The van der Waals surface area contributed by atoms with E-state index in [0.29, 0.717) is 12.1 Å². The minimum atomic E-state index is -4.83. The first-order chi connectivity index (χ1) is 9.81. The fourth-order valence-corrected chi connectivity index (χ4v) is 1.72. The molecule has 0 unspecified atom stereocenters. The van der Waals surface area contributed by atoms with Gasteiger partial charge in [-0.2, -0.15) is 13.2 Å². The Morgan fingerprint density at radius 2 is 1.71 bits per heavy atom. The topological polar surface area (TPSA) is 35.2 Å². The summed E-state index contributed by atoms with van der Waals surface area (Å²) in [5.74, 6) is -2.05. The molecule has 2 aromatic rings. The van der Waals surface area contributed by atoms with Crippen molar-refractivity contribution in [1.29, 1.82) is 0 Å². The van der Waals surface area contributed by atoms with Crippen molar-refractivity contribution in [3.63, 3.8) is 0 Å². The molecule has 0 aromatic heterocycles. The molecular formula is C14H10F5NO. The monoisotopic (exact) mass is 303 g/mol. The van der Waals surface area contributed by atoms with Gasteiger partial charge in [-0.05, 0) is 36.4 Å². The van der Waals surface area contributed by atoms with Gasteiger partial charge in [0.2, 0.25) is 0 Å². The second-order valence-electron chi connectivity index (χ2n) is 4.20. The third-order valence-corrected chi connectivity index (χ3v) is 2.71. The predicted octanol–water partition coefficient (Wildman–Crippen LogP) is 4.23. The molecule has 2 nitrogen and oxygen atoms in total. The van der Waals surface area contributed by atoms with E-state index in [1.165, 1.54) is 6.07 Å². The smallest absolute Gasteiger partial charge is 0.419 e. The van der Waals surface area contributed by atoms with Crippen molar-refractivity contribution in [1.82, 2.24) is 0 Å². The highest BCUT2D eigenvalue weighted by Gasteiger charge is 2.34. The van der Waals surface area contributed by atoms with Crippen LogP contribution < -0.4 is 10.5 Å². The van der Waals surface area contributed by atoms with E-state index in [1.807, 2.05) is 0 Å². The SMILES string of the molecule is NCc1cc(F)ccc1Oc1ccc(F)c(C(F)(F)F)c1. The van der Waals surface area contributed by atoms with Crippen molar-refractivity contribution in [2.75, 3.05) is 0 Å². The highest BCUT2D eigenvalue weighted by Crippen LogP contribution is 2.35. The molecule has 0 amide bonds. The minimum Gasteiger partial charge on any atom is -0.457 e. The summed E-state index contributed by atoms with van der Waals surface area (Å²) >= 11 is 0. The van der Waals surface area contributed by atoms with Gasteiger partial charge in [0.1, 0.15) is 23.1 Å². The van der Waals surface area contributed by atoms with Crippen LogP contribution in [0.4, 0.5) is 22.0 Å². The summed E-state index contributed by atoms with van der Waals surface area (Å²) in [6, 6.07) is 5.69. The Morgan fingerprint density at radius 1 is 1.00 bits per heavy atom. The predicted molar refractivity (Wildman–Crippen MR) is 65.8 cm³/mol. The maximum Gasteiger partial charge on any atom is 0.419 e. The van der Waals surface area contributed by atoms with E-state index in [1.54, 1.807) is 0 Å². The van der Waals surface area contributed by atoms with Gasteiger partial charge in [-0.25, -0.2) is 8.78 Å². The lowest BCUT2D eigenvalue weighted by Crippen LogP contribution is -2.08. The number of nitrogens with two attached hydrogens (primary N) is 1. The molecule has 0 aliphatic rings. The lowest BCUT2D eigenvalue weighted by Gasteiger charge is -2.13. The average Bonchev–Trinajstić information content (AvgIpc) is 2.41. The van der Waals surface area contributed by atoms with E-state index in [2.05, 4.69) is 0 Å². The van der Waals surface area contributed by atoms with Crippen molar-refractivity contribution in [3.8, 4) is 11.5 Å². The van der Waals surface area contributed by atoms with Crippen LogP contribution in [0.1, 0.15) is 11.1 Å². The standard InChI is InChI=1S/C14H10F5NO/c15-9-1-4-13(8(5-9)7-20)21-10-2-3-12(16)11(6-10)14(17,18)19/h1-6H,7,20H2. The molecular weight excluding hydrogens is 293 g/mol. The number of hydrogen-bond donors (Lipinski definition) is 1. The van der Waals surface area contributed by atoms with Crippen LogP contribution in [-0.2, 0) is 12.7 Å². The molecule has 0 saturated carbocycles. The fourth-order valence-electron chi connectivity index (χ4n) is 1.72. The Morgan fingerprint density at radius 3 is 2.33 bits per heavy atom. The van der Waals surface area contributed by atoms with Gasteiger partial charge < -0.3 is 10.5 Å². The quantitative estimate of drug-likeness (QED) is 0.861. The highest BCUT2D eigenvalue weighted by atomic mass is 19.4. The zero-order valence-corrected chi connectivity index (χ0v) is 10.5. The highest BCUT2D eigenvalue weighted by molar-refractivity contribution is 5.40. The third kappa shape index (κ3) is 3.49. The summed E-state index contributed by atoms with van der Waals surface area (Å²) in [7, 11) is 0. The Bertz CT molecular complexity index is 654. The summed E-state index contributed by atoms with van der Waals surface area (Å²) in [5, 5.41) is 0. The van der Waals surface area contributed by atoms with Gasteiger partial charge in [0.25, 0.3) is 0 Å². The van der Waals surface area contributed by atoms with Crippen molar-refractivity contribution in [3.05, 3.63) is 59.2 Å². The van der Waals surface area contributed by atoms with E-state index in [-0.39, 0.29) is 23.6 Å². The molecule has 21 heavy (non-hydrogen) atoms. The number of alkyl halides is 3. The summed E-state index contributed by atoms with van der Waals surface area (Å²) in [6.07, 6.45) is -4.83. The van der Waals surface area contributed by atoms with Crippen LogP contribution in [0.15, 0.2) is 36.4 Å². The van der Waals surface area contributed by atoms with Crippen molar-refractivity contribution >= 4 is 0 Å². The van der Waals surface area contributed by atoms with Crippen LogP contribution >= 0.6 is 0 Å². The first-order valence-electron chi connectivity index (χ1n) is 5.84. The minimum absolute atomic E-state index is 0.0551. The molecule has 0 spiro atoms. The van der Waals surface area contributed by atoms with Gasteiger partial charge >= 0.3 is 6.18 Å². The van der Waals surface area contributed by atoms with Crippen LogP contribution in [0.25, 0.3) is 0 Å². The van der Waals surface area contributed by atoms with Crippen LogP contribution in [0.2, 0.25) is 0 Å². The van der Waals surface area contributed by atoms with Gasteiger partial charge in [-0.3, -0.25) is 0 Å². The lowest BCUT2D eigenvalue weighted by atomic mass is 10.1. The fraction of sp³-hybridized carbons (Fsp3) is 0.143. The average molecular weight is 303 g/mol. The van der Waals surface area contributed by atoms with Crippen molar-refractivity contribution in [2.45, 2.75) is 12.7 Å². The summed E-state index contributed by atoms with van der Waals surface area (Å²) in [4.78, 5) is 0. The molecule has 0 atom stereocenters. The zero-order chi connectivity index (χ0) is 15.6. The second kappa shape index (κ2) is 5.69. The Balaban J connectivity index is 2.37. The molecule has 0 aliphatic heterocycles. The number of halogens is 5. The number of hydrogen-bond acceptors (Lipinski definition) is 2. The molecule has 0 bridgehead atoms. The van der Waals surface area contributed by atoms with Crippen LogP contribution in [-0.4, -0.2) is 0 Å². The van der Waals surface area contributed by atoms with Gasteiger partial charge in [0.15, 0.2) is 0 Å². The van der Waals surface area contributed by atoms with Crippen LogP contribution in [0.3, 0.4) is 0 Å². The Kier molecular flexibility index (Phi) is 4.13. The zero-order valence-electron chi connectivity index (χ0n) is 10.5. The molecule has 0 heterocycles. The summed E-state index contributed by atoms with van der Waals surface area (Å²) < 4.78 is 69.2. The summed E-state index contributed by atoms with van der Waals surface area (Å²) in [6.45, 7) is -0.0551. The van der Waals surface area contributed by atoms with Crippen molar-refractivity contribution < 1.29 is 26.7 Å². The first kappa shape index (κ1) is 15.2. The largest absolute Gasteiger partial charge is 0.457 e. The molecule has 0 radical (unpaired) electrons. The Labute approximate surface area is 116 Å². The van der Waals surface area contributed by atoms with E-state index in [0.717, 1.165) is 18.2 Å². The van der Waals surface area contributed by atoms with E-state index in [9.17, 15) is 22.0 Å². The molecule has 112 valence electrons. The molecule has 0 fully saturated rings. The molecule has 0 saturated heterocycles. The van der Waals surface area contributed by atoms with E-state index >= 15 is 0 Å². The lowest BCUT2D eigenvalue weighted by molar-refractivity contribution is -0.140. The van der Waals surface area contributed by atoms with Gasteiger partial charge in [0.05, 0.1) is 5.56 Å². The third-order valence-electron chi connectivity index (χ3n) is 2.71. The van der Waals surface area contributed by atoms with Gasteiger partial charge in [-0.1, -0.05) is 0 Å². The summed E-state index contributed by atoms with van der Waals surface area (Å²) in [5.41, 5.74) is 4.26. The first-order valence-corrected chi connectivity index (χ1v) is 5.84. The van der Waals surface area contributed by atoms with Gasteiger partial charge in [-0.15, -0.1) is 0 Å². The number of benzene rings is 2. The second-order valence-corrected chi connectivity index (χ2v) is 4.20. The van der Waals surface area contributed by atoms with Crippen molar-refractivity contribution in [2.24, 2.45) is 5.73 Å². The number of rotatable bonds is 3. The maximum atomic E-state index is 13.2. The Hall–Kier alpha value is -2.15. The normalized spacial score (nSPS) is 11.5. The van der Waals surface area contributed by atoms with Gasteiger partial charge in [0, 0.05) is 12.1 Å². The number of ether oxygens (including phenoxy) is 1.